The van der Waals surface area contributed by atoms with Gasteiger partial charge in [-0.15, -0.1) is 6.58 Å². The number of nitrogens with one attached hydrogen (secondary N) is 4. The maximum absolute atomic E-state index is 10.3. The van der Waals surface area contributed by atoms with E-state index in [-0.39, 0.29) is 6.10 Å². The molecule has 0 heterocycles. The van der Waals surface area contributed by atoms with Crippen LogP contribution in [0, 0.1) is 17.8 Å². The second kappa shape index (κ2) is 63.8. The van der Waals surface area contributed by atoms with Crippen molar-refractivity contribution in [3.8, 4) is 0 Å². The van der Waals surface area contributed by atoms with E-state index in [1.165, 1.54) is 56.9 Å². The predicted octanol–water partition coefficient (Wildman–Crippen LogP) is 12.4. The van der Waals surface area contributed by atoms with Crippen LogP contribution in [0.1, 0.15) is 194 Å². The van der Waals surface area contributed by atoms with Crippen LogP contribution in [0.5, 0.6) is 0 Å². The van der Waals surface area contributed by atoms with Gasteiger partial charge in [0, 0.05) is 18.1 Å². The summed E-state index contributed by atoms with van der Waals surface area (Å²) in [6, 6.07) is 1.64. The largest absolute Gasteiger partial charge is 0.393 e. The maximum Gasteiger partial charge on any atom is 0.207 e. The zero-order chi connectivity index (χ0) is 42.1. The van der Waals surface area contributed by atoms with Crippen molar-refractivity contribution in [2.75, 3.05) is 28.2 Å². The molecule has 0 aliphatic heterocycles. The molecule has 51 heavy (non-hydrogen) atoms. The van der Waals surface area contributed by atoms with E-state index in [1.54, 1.807) is 0 Å². The highest BCUT2D eigenvalue weighted by atomic mass is 16.3. The lowest BCUT2D eigenvalue weighted by Crippen LogP contribution is -2.34. The summed E-state index contributed by atoms with van der Waals surface area (Å²) >= 11 is 0. The van der Waals surface area contributed by atoms with Gasteiger partial charge in [-0.1, -0.05) is 161 Å². The van der Waals surface area contributed by atoms with Crippen LogP contribution in [0.3, 0.4) is 0 Å². The van der Waals surface area contributed by atoms with Crippen LogP contribution >= 0.6 is 0 Å². The summed E-state index contributed by atoms with van der Waals surface area (Å²) in [7, 11) is 7.74. The van der Waals surface area contributed by atoms with Gasteiger partial charge in [-0.3, -0.25) is 4.79 Å². The number of aliphatic hydroxyl groups excluding tert-OH is 1. The maximum atomic E-state index is 10.3. The fourth-order valence-electron chi connectivity index (χ4n) is 4.71. The van der Waals surface area contributed by atoms with E-state index in [2.05, 4.69) is 89.8 Å². The Morgan fingerprint density at radius 2 is 1.22 bits per heavy atom. The van der Waals surface area contributed by atoms with Crippen LogP contribution in [0.15, 0.2) is 24.8 Å². The Kier molecular flexibility index (Phi) is 84.9. The molecular weight excluding hydrogens is 629 g/mol. The topological polar surface area (TPSA) is 85.4 Å². The quantitative estimate of drug-likeness (QED) is 0.0759. The molecule has 1 fully saturated rings. The van der Waals surface area contributed by atoms with Gasteiger partial charge in [0.15, 0.2) is 0 Å². The zero-order valence-corrected chi connectivity index (χ0v) is 39.2. The van der Waals surface area contributed by atoms with E-state index < -0.39 is 0 Å². The Bertz CT molecular complexity index is 581. The molecular formula is C45H104N4O2. The van der Waals surface area contributed by atoms with Crippen molar-refractivity contribution in [1.29, 1.82) is 0 Å². The third-order valence-electron chi connectivity index (χ3n) is 8.26. The number of hydrogen-bond donors (Lipinski definition) is 5. The van der Waals surface area contributed by atoms with Crippen LogP contribution < -0.4 is 21.3 Å². The first-order valence-corrected chi connectivity index (χ1v) is 21.5. The van der Waals surface area contributed by atoms with E-state index in [0.29, 0.717) is 30.0 Å². The first kappa shape index (κ1) is 67.9. The number of hydrogen-bond acceptors (Lipinski definition) is 5. The van der Waals surface area contributed by atoms with E-state index in [9.17, 15) is 4.79 Å². The van der Waals surface area contributed by atoms with Gasteiger partial charge in [-0.25, -0.2) is 0 Å². The van der Waals surface area contributed by atoms with Crippen LogP contribution in [0.2, 0.25) is 0 Å². The van der Waals surface area contributed by atoms with Gasteiger partial charge >= 0.3 is 0 Å². The second-order valence-corrected chi connectivity index (χ2v) is 12.4. The van der Waals surface area contributed by atoms with Crippen molar-refractivity contribution < 1.29 is 9.90 Å². The van der Waals surface area contributed by atoms with Crippen molar-refractivity contribution in [2.24, 2.45) is 17.8 Å². The minimum absolute atomic E-state index is 0.0359. The minimum Gasteiger partial charge on any atom is -0.393 e. The fourth-order valence-corrected chi connectivity index (χ4v) is 4.71. The molecule has 0 saturated heterocycles. The summed E-state index contributed by atoms with van der Waals surface area (Å²) in [5.74, 6) is 1.93. The Morgan fingerprint density at radius 1 is 0.765 bits per heavy atom. The average molecular weight is 733 g/mol. The van der Waals surface area contributed by atoms with E-state index in [0.717, 1.165) is 44.4 Å². The third kappa shape index (κ3) is 61.2. The summed E-state index contributed by atoms with van der Waals surface area (Å²) in [5, 5.41) is 20.9. The van der Waals surface area contributed by atoms with Gasteiger partial charge in [0.05, 0.1) is 6.10 Å². The Morgan fingerprint density at radius 3 is 1.47 bits per heavy atom. The highest BCUT2D eigenvalue weighted by Gasteiger charge is 2.16. The predicted molar refractivity (Wildman–Crippen MR) is 240 cm³/mol. The molecule has 1 amide bonds. The zero-order valence-electron chi connectivity index (χ0n) is 39.2. The molecule has 0 aromatic rings. The molecule has 6 heteroatoms. The van der Waals surface area contributed by atoms with Crippen molar-refractivity contribution in [1.82, 2.24) is 21.3 Å². The van der Waals surface area contributed by atoms with Gasteiger partial charge in [-0.2, -0.15) is 0 Å². The molecule has 4 unspecified atom stereocenters. The van der Waals surface area contributed by atoms with Crippen molar-refractivity contribution in [3.63, 3.8) is 0 Å². The number of rotatable bonds is 17. The third-order valence-corrected chi connectivity index (χ3v) is 8.26. The number of allylic oxidation sites excluding steroid dienone is 2. The molecule has 1 aliphatic rings. The van der Waals surface area contributed by atoms with Gasteiger partial charge in [-0.05, 0) is 97.8 Å². The Labute approximate surface area is 326 Å². The second-order valence-electron chi connectivity index (χ2n) is 12.4. The highest BCUT2D eigenvalue weighted by molar-refractivity contribution is 5.46. The smallest absolute Gasteiger partial charge is 0.207 e. The fraction of sp³-hybridized carbons (Fsp3) is 0.889. The summed E-state index contributed by atoms with van der Waals surface area (Å²) in [6.07, 6.45) is 18.3. The van der Waals surface area contributed by atoms with Gasteiger partial charge in [0.25, 0.3) is 0 Å². The number of carbonyl (C=O) groups is 1. The summed E-state index contributed by atoms with van der Waals surface area (Å²) in [6.45, 7) is 41.4. The van der Waals surface area contributed by atoms with E-state index in [1.807, 2.05) is 89.7 Å². The minimum atomic E-state index is 0.0359. The Hall–Kier alpha value is -1.21. The van der Waals surface area contributed by atoms with E-state index >= 15 is 0 Å². The van der Waals surface area contributed by atoms with Gasteiger partial charge in [0.1, 0.15) is 0 Å². The molecule has 5 N–H and O–H groups in total. The lowest BCUT2D eigenvalue weighted by Gasteiger charge is -2.23. The van der Waals surface area contributed by atoms with Crippen LogP contribution in [-0.4, -0.2) is 63.9 Å². The van der Waals surface area contributed by atoms with Crippen molar-refractivity contribution in [3.05, 3.63) is 24.8 Å². The SMILES string of the molecule is C=CC(C)C(=C)CCC(CC)C[C@@H](C)NC.CC.CC.CC.CC.CCCC(CC)C(CC)NC=O.CNC.CNC(C)C.OC1CCCCC1. The molecule has 0 aromatic heterocycles. The number of aliphatic hydroxyl groups is 1. The standard InChI is InChI=1S/C15H29N.C10H21NO.C6H12O.C4H11N.C2H7N.4C2H6/c1-7-12(3)13(4)9-10-15(8-2)11-14(5)16-6;1-4-7-9(5-2)10(6-3)11-8-12;7-6-4-2-1-3-5-6;1-4(2)5-3;1-3-2;4*1-2/h7,12,14-16H,1,4,8-11H2,2-3,5-6H3;8-10H,4-7H2,1-3H3,(H,11,12);6-7H,1-5H2;4-5H,1-3H3;3H,1-2H3;4*1-2H3/t12?,14-,15?;;;;;;;;/m1......../s1. The molecule has 1 aliphatic carbocycles. The van der Waals surface area contributed by atoms with Gasteiger partial charge in [0.2, 0.25) is 6.41 Å². The van der Waals surface area contributed by atoms with Gasteiger partial charge < -0.3 is 26.4 Å². The highest BCUT2D eigenvalue weighted by Crippen LogP contribution is 2.23. The molecule has 316 valence electrons. The normalized spacial score (nSPS) is 14.0. The Balaban J connectivity index is -0.0000000774. The lowest BCUT2D eigenvalue weighted by molar-refractivity contribution is -0.110. The molecule has 0 radical (unpaired) electrons. The van der Waals surface area contributed by atoms with E-state index in [4.69, 9.17) is 5.11 Å². The van der Waals surface area contributed by atoms with Crippen LogP contribution in [0.25, 0.3) is 0 Å². The van der Waals surface area contributed by atoms with Crippen LogP contribution in [-0.2, 0) is 4.79 Å². The lowest BCUT2D eigenvalue weighted by atomic mass is 9.89. The first-order chi connectivity index (χ1) is 24.4. The molecule has 0 spiro atoms. The summed E-state index contributed by atoms with van der Waals surface area (Å²) in [4.78, 5) is 10.3. The number of amides is 1. The molecule has 0 bridgehead atoms. The summed E-state index contributed by atoms with van der Waals surface area (Å²) < 4.78 is 0. The number of carbonyl (C=O) groups excluding carboxylic acids is 1. The van der Waals surface area contributed by atoms with Crippen LogP contribution in [0.4, 0.5) is 0 Å². The van der Waals surface area contributed by atoms with Crippen molar-refractivity contribution in [2.45, 2.75) is 218 Å². The first-order valence-electron chi connectivity index (χ1n) is 21.5. The molecule has 1 saturated carbocycles. The molecule has 1 rings (SSSR count). The molecule has 0 aromatic carbocycles. The summed E-state index contributed by atoms with van der Waals surface area (Å²) in [5.41, 5.74) is 1.32. The monoisotopic (exact) mass is 733 g/mol. The van der Waals surface area contributed by atoms with Crippen molar-refractivity contribution >= 4 is 6.41 Å². The average Bonchev–Trinajstić information content (AvgIpc) is 3.18. The molecule has 5 atom stereocenters. The molecule has 6 nitrogen and oxygen atoms in total.